The van der Waals surface area contributed by atoms with Crippen LogP contribution in [0.2, 0.25) is 0 Å². The van der Waals surface area contributed by atoms with Crippen LogP contribution in [-0.2, 0) is 25.5 Å². The molecule has 0 fully saturated rings. The number of aryl methyl sites for hydroxylation is 1. The molecule has 32 heavy (non-hydrogen) atoms. The number of esters is 1. The van der Waals surface area contributed by atoms with E-state index >= 15 is 0 Å². The van der Waals surface area contributed by atoms with Crippen molar-refractivity contribution in [3.05, 3.63) is 48.0 Å². The summed E-state index contributed by atoms with van der Waals surface area (Å²) in [5.41, 5.74) is 9.52. The number of nitrogens with one attached hydrogen (secondary N) is 2. The number of hydrogen-bond donors (Lipinski definition) is 3. The van der Waals surface area contributed by atoms with Crippen LogP contribution in [0.25, 0.3) is 0 Å². The number of amides is 2. The van der Waals surface area contributed by atoms with E-state index in [1.54, 1.807) is 6.92 Å². The van der Waals surface area contributed by atoms with Gasteiger partial charge in [-0.1, -0.05) is 44.2 Å². The fraction of sp³-hybridized carbons (Fsp3) is 0.542. The van der Waals surface area contributed by atoms with Gasteiger partial charge in [0.1, 0.15) is 0 Å². The zero-order chi connectivity index (χ0) is 23.8. The Hall–Kier alpha value is -2.71. The molecule has 0 aliphatic carbocycles. The predicted octanol–water partition coefficient (Wildman–Crippen LogP) is 1.95. The maximum Gasteiger partial charge on any atom is 0.330 e. The number of nitrogens with two attached hydrogens (primary N) is 1. The summed E-state index contributed by atoms with van der Waals surface area (Å²) in [6, 6.07) is 9.76. The van der Waals surface area contributed by atoms with Gasteiger partial charge in [-0.2, -0.15) is 0 Å². The van der Waals surface area contributed by atoms with Gasteiger partial charge in [0.05, 0.1) is 12.6 Å². The molecule has 8 nitrogen and oxygen atoms in total. The maximum absolute atomic E-state index is 12.9. The monoisotopic (exact) mass is 446 g/mol. The first-order valence-electron chi connectivity index (χ1n) is 11.3. The lowest BCUT2D eigenvalue weighted by atomic mass is 10.0. The van der Waals surface area contributed by atoms with Crippen LogP contribution in [0.15, 0.2) is 42.5 Å². The van der Waals surface area contributed by atoms with Crippen LogP contribution in [-0.4, -0.2) is 55.1 Å². The van der Waals surface area contributed by atoms with Gasteiger partial charge in [-0.05, 0) is 57.2 Å². The van der Waals surface area contributed by atoms with Crippen molar-refractivity contribution < 1.29 is 19.1 Å². The fourth-order valence-electron chi connectivity index (χ4n) is 3.07. The molecule has 0 radical (unpaired) electrons. The number of benzene rings is 1. The van der Waals surface area contributed by atoms with Crippen molar-refractivity contribution in [1.82, 2.24) is 15.8 Å². The number of hydrogen-bond acceptors (Lipinski definition) is 6. The second-order valence-electron chi connectivity index (χ2n) is 7.92. The lowest BCUT2D eigenvalue weighted by molar-refractivity contribution is -0.140. The van der Waals surface area contributed by atoms with Crippen LogP contribution in [0.1, 0.15) is 45.6 Å². The minimum absolute atomic E-state index is 0.220. The highest BCUT2D eigenvalue weighted by atomic mass is 16.5. The Bertz CT molecular complexity index is 722. The highest BCUT2D eigenvalue weighted by Gasteiger charge is 2.22. The zero-order valence-electron chi connectivity index (χ0n) is 19.5. The fourth-order valence-corrected chi connectivity index (χ4v) is 3.07. The third-order valence-electron chi connectivity index (χ3n) is 4.65. The van der Waals surface area contributed by atoms with Gasteiger partial charge in [-0.15, -0.1) is 0 Å². The molecule has 1 aromatic rings. The largest absolute Gasteiger partial charge is 0.463 e. The molecule has 1 aromatic carbocycles. The van der Waals surface area contributed by atoms with E-state index < -0.39 is 17.9 Å². The van der Waals surface area contributed by atoms with E-state index in [1.165, 1.54) is 10.6 Å². The molecule has 0 saturated carbocycles. The second-order valence-corrected chi connectivity index (χ2v) is 7.92. The minimum Gasteiger partial charge on any atom is -0.463 e. The average molecular weight is 447 g/mol. The van der Waals surface area contributed by atoms with Crippen LogP contribution in [0.5, 0.6) is 0 Å². The molecule has 0 bridgehead atoms. The molecule has 1 atom stereocenters. The first-order chi connectivity index (χ1) is 15.4. The highest BCUT2D eigenvalue weighted by Crippen LogP contribution is 2.07. The van der Waals surface area contributed by atoms with Crippen LogP contribution in [0.3, 0.4) is 0 Å². The number of ether oxygens (including phenoxy) is 1. The number of hydrazine groups is 1. The summed E-state index contributed by atoms with van der Waals surface area (Å²) >= 11 is 0. The normalized spacial score (nSPS) is 12.0. The van der Waals surface area contributed by atoms with E-state index in [2.05, 4.69) is 22.9 Å². The first-order valence-corrected chi connectivity index (χ1v) is 11.3. The van der Waals surface area contributed by atoms with Crippen molar-refractivity contribution >= 4 is 17.8 Å². The lowest BCUT2D eigenvalue weighted by Gasteiger charge is -2.26. The van der Waals surface area contributed by atoms with Gasteiger partial charge in [0.2, 0.25) is 0 Å². The molecule has 178 valence electrons. The Morgan fingerprint density at radius 1 is 1.12 bits per heavy atom. The molecule has 0 saturated heterocycles. The average Bonchev–Trinajstić information content (AvgIpc) is 2.77. The zero-order valence-corrected chi connectivity index (χ0v) is 19.5. The Labute approximate surface area is 191 Å². The quantitative estimate of drug-likeness (QED) is 0.174. The van der Waals surface area contributed by atoms with Crippen molar-refractivity contribution in [2.24, 2.45) is 11.7 Å². The van der Waals surface area contributed by atoms with Crippen molar-refractivity contribution in [2.45, 2.75) is 52.5 Å². The molecular formula is C24H38N4O4. The van der Waals surface area contributed by atoms with Crippen LogP contribution < -0.4 is 16.5 Å². The Kier molecular flexibility index (Phi) is 13.7. The van der Waals surface area contributed by atoms with E-state index in [0.717, 1.165) is 25.0 Å². The smallest absolute Gasteiger partial charge is 0.330 e. The van der Waals surface area contributed by atoms with Crippen LogP contribution in [0, 0.1) is 5.92 Å². The van der Waals surface area contributed by atoms with Gasteiger partial charge in [-0.25, -0.2) is 4.79 Å². The summed E-state index contributed by atoms with van der Waals surface area (Å²) in [5, 5.41) is 4.52. The van der Waals surface area contributed by atoms with E-state index in [9.17, 15) is 14.4 Å². The van der Waals surface area contributed by atoms with Gasteiger partial charge in [0, 0.05) is 18.7 Å². The number of carbonyl (C=O) groups is 3. The van der Waals surface area contributed by atoms with Crippen molar-refractivity contribution in [3.63, 3.8) is 0 Å². The molecule has 2 amide bonds. The molecule has 1 rings (SSSR count). The van der Waals surface area contributed by atoms with Gasteiger partial charge >= 0.3 is 5.97 Å². The SMILES string of the molecule is CCOC(=O)/C=C/C(=O)N(CCCN)NC(=O)C(CC(C)C)NCCCc1ccccc1. The third kappa shape index (κ3) is 11.6. The minimum atomic E-state index is -0.608. The Morgan fingerprint density at radius 2 is 1.84 bits per heavy atom. The van der Waals surface area contributed by atoms with Gasteiger partial charge in [0.15, 0.2) is 0 Å². The van der Waals surface area contributed by atoms with E-state index in [0.29, 0.717) is 31.8 Å². The van der Waals surface area contributed by atoms with Crippen LogP contribution in [0.4, 0.5) is 0 Å². The van der Waals surface area contributed by atoms with Gasteiger partial charge in [0.25, 0.3) is 11.8 Å². The summed E-state index contributed by atoms with van der Waals surface area (Å²) in [5.74, 6) is -1.10. The van der Waals surface area contributed by atoms with Gasteiger partial charge < -0.3 is 15.8 Å². The molecule has 4 N–H and O–H groups in total. The third-order valence-corrected chi connectivity index (χ3v) is 4.65. The van der Waals surface area contributed by atoms with Crippen molar-refractivity contribution in [3.8, 4) is 0 Å². The van der Waals surface area contributed by atoms with Gasteiger partial charge in [-0.3, -0.25) is 20.0 Å². The molecule has 0 aliphatic heterocycles. The lowest BCUT2D eigenvalue weighted by Crippen LogP contribution is -2.53. The summed E-state index contributed by atoms with van der Waals surface area (Å²) in [6.07, 6.45) is 5.11. The first kappa shape index (κ1) is 27.3. The summed E-state index contributed by atoms with van der Waals surface area (Å²) < 4.78 is 4.79. The predicted molar refractivity (Wildman–Crippen MR) is 125 cm³/mol. The molecular weight excluding hydrogens is 408 g/mol. The Balaban J connectivity index is 2.70. The van der Waals surface area contributed by atoms with Crippen LogP contribution >= 0.6 is 0 Å². The van der Waals surface area contributed by atoms with E-state index in [1.807, 2.05) is 32.0 Å². The molecule has 0 aliphatic rings. The number of rotatable bonds is 14. The summed E-state index contributed by atoms with van der Waals surface area (Å²) in [7, 11) is 0. The standard InChI is InChI=1S/C24H38N4O4/c1-4-32-23(30)14-13-22(29)28(17-9-15-25)27-24(31)21(18-19(2)3)26-16-8-12-20-10-6-5-7-11-20/h5-7,10-11,13-14,19,21,26H,4,8-9,12,15-18,25H2,1-3H3,(H,27,31)/b14-13+. The number of carbonyl (C=O) groups excluding carboxylic acids is 3. The van der Waals surface area contributed by atoms with E-state index in [4.69, 9.17) is 10.5 Å². The maximum atomic E-state index is 12.9. The highest BCUT2D eigenvalue weighted by molar-refractivity contribution is 5.95. The molecule has 0 heterocycles. The number of nitrogens with zero attached hydrogens (tertiary/aromatic N) is 1. The topological polar surface area (TPSA) is 114 Å². The Morgan fingerprint density at radius 3 is 2.47 bits per heavy atom. The molecule has 0 spiro atoms. The summed E-state index contributed by atoms with van der Waals surface area (Å²) in [6.45, 7) is 7.29. The molecule has 1 unspecified atom stereocenters. The second kappa shape index (κ2) is 16.0. The van der Waals surface area contributed by atoms with Crippen molar-refractivity contribution in [1.29, 1.82) is 0 Å². The summed E-state index contributed by atoms with van der Waals surface area (Å²) in [4.78, 5) is 36.9. The van der Waals surface area contributed by atoms with Crippen molar-refractivity contribution in [2.75, 3.05) is 26.2 Å². The molecule has 0 aromatic heterocycles. The molecule has 8 heteroatoms. The van der Waals surface area contributed by atoms with E-state index in [-0.39, 0.29) is 19.1 Å².